The third kappa shape index (κ3) is 1.78. The van der Waals surface area contributed by atoms with Crippen molar-refractivity contribution in [3.05, 3.63) is 46.1 Å². The second-order valence-corrected chi connectivity index (χ2v) is 5.99. The fourth-order valence-electron chi connectivity index (χ4n) is 2.79. The van der Waals surface area contributed by atoms with Crippen LogP contribution >= 0.6 is 15.9 Å². The molecule has 1 aromatic heterocycles. The number of ether oxygens (including phenoxy) is 3. The van der Waals surface area contributed by atoms with Crippen LogP contribution in [0.4, 0.5) is 0 Å². The molecule has 0 aliphatic carbocycles. The highest BCUT2D eigenvalue weighted by Crippen LogP contribution is 2.51. The topological polar surface area (TPSA) is 79.0 Å². The predicted octanol–water partition coefficient (Wildman–Crippen LogP) is 2.55. The largest absolute Gasteiger partial charge is 0.495 e. The smallest absolute Gasteiger partial charge is 0.283 e. The van der Waals surface area contributed by atoms with E-state index in [4.69, 9.17) is 19.9 Å². The third-order valence-electron chi connectivity index (χ3n) is 3.83. The van der Waals surface area contributed by atoms with Gasteiger partial charge in [0.25, 0.3) is 6.02 Å². The number of fused-ring (bicyclic) bond motifs is 4. The van der Waals surface area contributed by atoms with Gasteiger partial charge in [-0.15, -0.1) is 0 Å². The molecular weight excluding hydrogens is 350 g/mol. The summed E-state index contributed by atoms with van der Waals surface area (Å²) in [7, 11) is 1.59. The molecule has 2 aromatic rings. The monoisotopic (exact) mass is 361 g/mol. The molecule has 1 spiro atoms. The highest BCUT2D eigenvalue weighted by atomic mass is 79.9. The Morgan fingerprint density at radius 1 is 1.32 bits per heavy atom. The number of hydrogen-bond acceptors (Lipinski definition) is 6. The van der Waals surface area contributed by atoms with Gasteiger partial charge in [-0.05, 0) is 24.3 Å². The van der Waals surface area contributed by atoms with Crippen LogP contribution in [0.1, 0.15) is 11.1 Å². The van der Waals surface area contributed by atoms with E-state index < -0.39 is 5.54 Å². The van der Waals surface area contributed by atoms with Crippen LogP contribution in [0.5, 0.6) is 17.4 Å². The molecule has 2 N–H and O–H groups in total. The van der Waals surface area contributed by atoms with Crippen molar-refractivity contribution in [3.8, 4) is 17.4 Å². The first-order chi connectivity index (χ1) is 10.6. The highest BCUT2D eigenvalue weighted by molar-refractivity contribution is 9.10. The minimum atomic E-state index is -0.766. The molecule has 2 aliphatic heterocycles. The Balaban J connectivity index is 2.02. The highest BCUT2D eigenvalue weighted by Gasteiger charge is 2.47. The van der Waals surface area contributed by atoms with Crippen LogP contribution in [0.3, 0.4) is 0 Å². The molecule has 3 heterocycles. The van der Waals surface area contributed by atoms with E-state index in [1.807, 2.05) is 24.3 Å². The molecular formula is C15H12BrN3O3. The zero-order valence-corrected chi connectivity index (χ0v) is 13.3. The van der Waals surface area contributed by atoms with Crippen LogP contribution in [0.2, 0.25) is 0 Å². The van der Waals surface area contributed by atoms with Crippen LogP contribution in [0, 0.1) is 0 Å². The van der Waals surface area contributed by atoms with Gasteiger partial charge in [0.1, 0.15) is 18.1 Å². The van der Waals surface area contributed by atoms with Crippen molar-refractivity contribution in [1.82, 2.24) is 4.98 Å². The molecule has 112 valence electrons. The Bertz CT molecular complexity index is 809. The van der Waals surface area contributed by atoms with Crippen LogP contribution in [-0.4, -0.2) is 24.7 Å². The van der Waals surface area contributed by atoms with Gasteiger partial charge in [-0.2, -0.15) is 0 Å². The third-order valence-corrected chi connectivity index (χ3v) is 4.32. The summed E-state index contributed by atoms with van der Waals surface area (Å²) in [5.74, 6) is 1.80. The van der Waals surface area contributed by atoms with Gasteiger partial charge in [-0.3, -0.25) is 0 Å². The molecule has 1 aromatic carbocycles. The van der Waals surface area contributed by atoms with Crippen LogP contribution in [0.15, 0.2) is 39.9 Å². The van der Waals surface area contributed by atoms with E-state index in [-0.39, 0.29) is 6.02 Å². The van der Waals surface area contributed by atoms with E-state index in [1.165, 1.54) is 0 Å². The lowest BCUT2D eigenvalue weighted by atomic mass is 9.82. The van der Waals surface area contributed by atoms with Gasteiger partial charge in [0, 0.05) is 10.0 Å². The number of rotatable bonds is 1. The van der Waals surface area contributed by atoms with Crippen molar-refractivity contribution >= 4 is 22.0 Å². The summed E-state index contributed by atoms with van der Waals surface area (Å²) >= 11 is 3.49. The number of benzene rings is 1. The van der Waals surface area contributed by atoms with Crippen molar-refractivity contribution in [1.29, 1.82) is 0 Å². The van der Waals surface area contributed by atoms with Crippen molar-refractivity contribution in [2.45, 2.75) is 5.54 Å². The SMILES string of the molecule is COc1cnc2c(c1)[C@]1(COC(N)=N1)c1cc(Br)ccc1O2. The maximum Gasteiger partial charge on any atom is 0.283 e. The molecule has 22 heavy (non-hydrogen) atoms. The first-order valence-corrected chi connectivity index (χ1v) is 7.42. The van der Waals surface area contributed by atoms with Gasteiger partial charge < -0.3 is 19.9 Å². The molecule has 1 atom stereocenters. The molecule has 0 fully saturated rings. The lowest BCUT2D eigenvalue weighted by Gasteiger charge is -2.32. The Morgan fingerprint density at radius 2 is 2.18 bits per heavy atom. The van der Waals surface area contributed by atoms with Crippen LogP contribution < -0.4 is 15.2 Å². The van der Waals surface area contributed by atoms with E-state index in [9.17, 15) is 0 Å². The number of halogens is 1. The number of nitrogens with zero attached hydrogens (tertiary/aromatic N) is 2. The zero-order chi connectivity index (χ0) is 15.3. The summed E-state index contributed by atoms with van der Waals surface area (Å²) in [6.45, 7) is 0.299. The summed E-state index contributed by atoms with van der Waals surface area (Å²) in [6.07, 6.45) is 1.61. The summed E-state index contributed by atoms with van der Waals surface area (Å²) in [4.78, 5) is 8.89. The maximum atomic E-state index is 5.90. The number of pyridine rings is 1. The summed E-state index contributed by atoms with van der Waals surface area (Å²) in [6, 6.07) is 7.76. The number of hydrogen-bond donors (Lipinski definition) is 1. The van der Waals surface area contributed by atoms with E-state index in [0.717, 1.165) is 15.6 Å². The predicted molar refractivity (Wildman–Crippen MR) is 83.4 cm³/mol. The normalized spacial score (nSPS) is 21.5. The van der Waals surface area contributed by atoms with E-state index >= 15 is 0 Å². The van der Waals surface area contributed by atoms with Gasteiger partial charge in [0.05, 0.1) is 18.9 Å². The molecule has 0 bridgehead atoms. The van der Waals surface area contributed by atoms with Crippen molar-refractivity contribution < 1.29 is 14.2 Å². The number of aromatic nitrogens is 1. The van der Waals surface area contributed by atoms with Crippen molar-refractivity contribution in [2.75, 3.05) is 13.7 Å². The van der Waals surface area contributed by atoms with Crippen LogP contribution in [-0.2, 0) is 10.3 Å². The van der Waals surface area contributed by atoms with Gasteiger partial charge in [0.2, 0.25) is 5.88 Å². The van der Waals surface area contributed by atoms with Crippen LogP contribution in [0.25, 0.3) is 0 Å². The molecule has 0 radical (unpaired) electrons. The summed E-state index contributed by atoms with van der Waals surface area (Å²) < 4.78 is 17.6. The number of amidine groups is 1. The second-order valence-electron chi connectivity index (χ2n) is 5.07. The molecule has 0 unspecified atom stereocenters. The van der Waals surface area contributed by atoms with E-state index in [2.05, 4.69) is 25.9 Å². The van der Waals surface area contributed by atoms with Gasteiger partial charge >= 0.3 is 0 Å². The number of methoxy groups -OCH3 is 1. The zero-order valence-electron chi connectivity index (χ0n) is 11.7. The average molecular weight is 362 g/mol. The van der Waals surface area contributed by atoms with Crippen molar-refractivity contribution in [2.24, 2.45) is 10.7 Å². The fraction of sp³-hybridized carbons (Fsp3) is 0.200. The molecule has 0 saturated heterocycles. The molecule has 7 heteroatoms. The first kappa shape index (κ1) is 13.4. The van der Waals surface area contributed by atoms with Gasteiger partial charge in [-0.1, -0.05) is 15.9 Å². The van der Waals surface area contributed by atoms with E-state index in [1.54, 1.807) is 13.3 Å². The molecule has 0 saturated carbocycles. The summed E-state index contributed by atoms with van der Waals surface area (Å²) in [5.41, 5.74) is 6.68. The second kappa shape index (κ2) is 4.61. The maximum absolute atomic E-state index is 5.90. The lowest BCUT2D eigenvalue weighted by Crippen LogP contribution is -2.31. The molecule has 6 nitrogen and oxygen atoms in total. The Hall–Kier alpha value is -2.28. The molecule has 2 aliphatic rings. The minimum absolute atomic E-state index is 0.154. The Kier molecular flexibility index (Phi) is 2.80. The molecule has 0 amide bonds. The fourth-order valence-corrected chi connectivity index (χ4v) is 3.15. The van der Waals surface area contributed by atoms with Crippen molar-refractivity contribution in [3.63, 3.8) is 0 Å². The van der Waals surface area contributed by atoms with Gasteiger partial charge in [-0.25, -0.2) is 9.98 Å². The lowest BCUT2D eigenvalue weighted by molar-refractivity contribution is 0.261. The Labute approximate surface area is 135 Å². The summed E-state index contributed by atoms with van der Waals surface area (Å²) in [5, 5.41) is 0. The van der Waals surface area contributed by atoms with E-state index in [0.29, 0.717) is 24.0 Å². The minimum Gasteiger partial charge on any atom is -0.495 e. The Morgan fingerprint density at radius 3 is 2.91 bits per heavy atom. The molecule has 4 rings (SSSR count). The quantitative estimate of drug-likeness (QED) is 0.844. The average Bonchev–Trinajstić information content (AvgIpc) is 2.91. The first-order valence-electron chi connectivity index (χ1n) is 6.63. The number of aliphatic imine (C=N–C) groups is 1. The van der Waals surface area contributed by atoms with Gasteiger partial charge in [0.15, 0.2) is 5.54 Å². The standard InChI is InChI=1S/C15H12BrN3O3/c1-20-9-5-11-13(18-6-9)22-12-3-2-8(16)4-10(12)15(11)7-21-14(17)19-15/h2-6H,7H2,1H3,(H2,17,19)/t15-/m0/s1. The number of nitrogens with two attached hydrogens (primary N) is 1.